The van der Waals surface area contributed by atoms with Crippen LogP contribution in [-0.4, -0.2) is 86.7 Å². The van der Waals surface area contributed by atoms with Crippen molar-refractivity contribution in [1.82, 2.24) is 20.0 Å². The van der Waals surface area contributed by atoms with E-state index in [9.17, 15) is 0 Å². The molecule has 0 atom stereocenters. The Kier molecular flexibility index (Phi) is 5.84. The zero-order chi connectivity index (χ0) is 14.6. The summed E-state index contributed by atoms with van der Waals surface area (Å²) in [6, 6.07) is 0. The minimum absolute atomic E-state index is 0.316. The largest absolute Gasteiger partial charge is 0.314 e. The summed E-state index contributed by atoms with van der Waals surface area (Å²) in [4.78, 5) is 7.69. The van der Waals surface area contributed by atoms with Crippen LogP contribution in [0.1, 0.15) is 26.7 Å². The lowest BCUT2D eigenvalue weighted by Gasteiger charge is -2.45. The lowest BCUT2D eigenvalue weighted by Crippen LogP contribution is -2.58. The smallest absolute Gasteiger partial charge is 0.0281 e. The molecule has 0 spiro atoms. The average Bonchev–Trinajstić information content (AvgIpc) is 2.41. The molecule has 0 amide bonds. The zero-order valence-corrected chi connectivity index (χ0v) is 14.0. The van der Waals surface area contributed by atoms with Gasteiger partial charge in [-0.3, -0.25) is 4.90 Å². The number of nitrogens with zero attached hydrogens (tertiary/aromatic N) is 3. The first-order chi connectivity index (χ1) is 9.47. The summed E-state index contributed by atoms with van der Waals surface area (Å²) in [6.07, 6.45) is 2.74. The highest BCUT2D eigenvalue weighted by molar-refractivity contribution is 4.89. The Labute approximate surface area is 125 Å². The van der Waals surface area contributed by atoms with E-state index >= 15 is 0 Å². The molecule has 0 saturated carbocycles. The number of likely N-dealkylation sites (tertiary alicyclic amines) is 1. The summed E-state index contributed by atoms with van der Waals surface area (Å²) in [5.74, 6) is 0.906. The Bertz CT molecular complexity index is 276. The second-order valence-corrected chi connectivity index (χ2v) is 7.53. The molecule has 118 valence electrons. The fraction of sp³-hybridized carbons (Fsp3) is 1.00. The van der Waals surface area contributed by atoms with Crippen molar-refractivity contribution in [3.05, 3.63) is 0 Å². The summed E-state index contributed by atoms with van der Waals surface area (Å²) >= 11 is 0. The van der Waals surface area contributed by atoms with E-state index in [1.165, 1.54) is 52.1 Å². The van der Waals surface area contributed by atoms with E-state index < -0.39 is 0 Å². The summed E-state index contributed by atoms with van der Waals surface area (Å²) in [5, 5.41) is 3.45. The number of hydrogen-bond donors (Lipinski definition) is 1. The van der Waals surface area contributed by atoms with Crippen molar-refractivity contribution in [2.75, 3.05) is 66.5 Å². The van der Waals surface area contributed by atoms with Gasteiger partial charge < -0.3 is 15.1 Å². The molecular formula is C16H34N4. The third-order valence-electron chi connectivity index (χ3n) is 4.91. The summed E-state index contributed by atoms with van der Waals surface area (Å²) < 4.78 is 0. The van der Waals surface area contributed by atoms with Gasteiger partial charge in [-0.25, -0.2) is 0 Å². The molecule has 2 aliphatic rings. The van der Waals surface area contributed by atoms with Crippen molar-refractivity contribution < 1.29 is 0 Å². The highest BCUT2D eigenvalue weighted by atomic mass is 15.3. The normalized spacial score (nSPS) is 24.4. The predicted molar refractivity (Wildman–Crippen MR) is 86.2 cm³/mol. The van der Waals surface area contributed by atoms with E-state index in [0.29, 0.717) is 5.54 Å². The van der Waals surface area contributed by atoms with Crippen LogP contribution in [0.2, 0.25) is 0 Å². The second kappa shape index (κ2) is 7.21. The van der Waals surface area contributed by atoms with E-state index in [4.69, 9.17) is 0 Å². The highest BCUT2D eigenvalue weighted by Gasteiger charge is 2.31. The first-order valence-corrected chi connectivity index (χ1v) is 8.30. The van der Waals surface area contributed by atoms with Crippen molar-refractivity contribution in [1.29, 1.82) is 0 Å². The van der Waals surface area contributed by atoms with E-state index in [2.05, 4.69) is 48.0 Å². The molecule has 0 unspecified atom stereocenters. The van der Waals surface area contributed by atoms with Gasteiger partial charge in [-0.15, -0.1) is 0 Å². The number of hydrogen-bond acceptors (Lipinski definition) is 4. The van der Waals surface area contributed by atoms with Gasteiger partial charge in [-0.2, -0.15) is 0 Å². The molecule has 2 rings (SSSR count). The minimum atomic E-state index is 0.316. The van der Waals surface area contributed by atoms with Gasteiger partial charge >= 0.3 is 0 Å². The molecule has 0 aromatic carbocycles. The van der Waals surface area contributed by atoms with E-state index in [0.717, 1.165) is 19.0 Å². The van der Waals surface area contributed by atoms with Gasteiger partial charge in [0.1, 0.15) is 0 Å². The van der Waals surface area contributed by atoms with Crippen molar-refractivity contribution in [2.45, 2.75) is 32.2 Å². The first-order valence-electron chi connectivity index (χ1n) is 8.30. The van der Waals surface area contributed by atoms with E-state index in [1.807, 2.05) is 0 Å². The predicted octanol–water partition coefficient (Wildman–Crippen LogP) is 0.944. The fourth-order valence-electron chi connectivity index (χ4n) is 3.76. The maximum Gasteiger partial charge on any atom is 0.0281 e. The van der Waals surface area contributed by atoms with Gasteiger partial charge in [-0.05, 0) is 59.8 Å². The van der Waals surface area contributed by atoms with Gasteiger partial charge in [0, 0.05) is 44.8 Å². The molecule has 0 aromatic rings. The molecule has 0 aliphatic carbocycles. The van der Waals surface area contributed by atoms with Crippen LogP contribution in [0.4, 0.5) is 0 Å². The van der Waals surface area contributed by atoms with E-state index in [1.54, 1.807) is 0 Å². The van der Waals surface area contributed by atoms with Crippen molar-refractivity contribution >= 4 is 0 Å². The molecule has 4 nitrogen and oxygen atoms in total. The zero-order valence-electron chi connectivity index (χ0n) is 14.0. The summed E-state index contributed by atoms with van der Waals surface area (Å²) in [6.45, 7) is 14.6. The standard InChI is InChI=1S/C16H34N4/c1-16(2,20-11-7-17-8-12-20)14-19-9-5-15(6-10-19)13-18(3)4/h15,17H,5-14H2,1-4H3. The Hall–Kier alpha value is -0.160. The number of nitrogens with one attached hydrogen (secondary N) is 1. The Morgan fingerprint density at radius 2 is 1.65 bits per heavy atom. The SMILES string of the molecule is CN(C)CC1CCN(CC(C)(C)N2CCNCC2)CC1. The highest BCUT2D eigenvalue weighted by Crippen LogP contribution is 2.22. The van der Waals surface area contributed by atoms with Crippen LogP contribution in [-0.2, 0) is 0 Å². The van der Waals surface area contributed by atoms with Crippen LogP contribution < -0.4 is 5.32 Å². The Morgan fingerprint density at radius 3 is 2.20 bits per heavy atom. The molecule has 0 bridgehead atoms. The third-order valence-corrected chi connectivity index (χ3v) is 4.91. The van der Waals surface area contributed by atoms with Crippen molar-refractivity contribution in [3.63, 3.8) is 0 Å². The Morgan fingerprint density at radius 1 is 1.05 bits per heavy atom. The average molecular weight is 282 g/mol. The summed E-state index contributed by atoms with van der Waals surface area (Å²) in [7, 11) is 4.39. The summed E-state index contributed by atoms with van der Waals surface area (Å²) in [5.41, 5.74) is 0.316. The first kappa shape index (κ1) is 16.2. The lowest BCUT2D eigenvalue weighted by atomic mass is 9.94. The van der Waals surface area contributed by atoms with Gasteiger partial charge in [-0.1, -0.05) is 0 Å². The van der Waals surface area contributed by atoms with Crippen molar-refractivity contribution in [2.24, 2.45) is 5.92 Å². The molecule has 2 heterocycles. The monoisotopic (exact) mass is 282 g/mol. The lowest BCUT2D eigenvalue weighted by molar-refractivity contribution is 0.0479. The van der Waals surface area contributed by atoms with Crippen LogP contribution in [0, 0.1) is 5.92 Å². The van der Waals surface area contributed by atoms with Gasteiger partial charge in [0.2, 0.25) is 0 Å². The van der Waals surface area contributed by atoms with Crippen LogP contribution >= 0.6 is 0 Å². The maximum absolute atomic E-state index is 3.45. The minimum Gasteiger partial charge on any atom is -0.314 e. The second-order valence-electron chi connectivity index (χ2n) is 7.53. The van der Waals surface area contributed by atoms with Crippen LogP contribution in [0.5, 0.6) is 0 Å². The Balaban J connectivity index is 1.76. The van der Waals surface area contributed by atoms with Gasteiger partial charge in [0.25, 0.3) is 0 Å². The molecule has 0 aromatic heterocycles. The topological polar surface area (TPSA) is 21.8 Å². The molecule has 2 aliphatic heterocycles. The van der Waals surface area contributed by atoms with Crippen LogP contribution in [0.25, 0.3) is 0 Å². The molecular weight excluding hydrogens is 248 g/mol. The van der Waals surface area contributed by atoms with Gasteiger partial charge in [0.15, 0.2) is 0 Å². The van der Waals surface area contributed by atoms with Crippen LogP contribution in [0.3, 0.4) is 0 Å². The molecule has 20 heavy (non-hydrogen) atoms. The van der Waals surface area contributed by atoms with Gasteiger partial charge in [0.05, 0.1) is 0 Å². The molecule has 1 N–H and O–H groups in total. The maximum atomic E-state index is 3.45. The van der Waals surface area contributed by atoms with E-state index in [-0.39, 0.29) is 0 Å². The quantitative estimate of drug-likeness (QED) is 0.810. The molecule has 2 fully saturated rings. The number of rotatable bonds is 5. The number of piperidine rings is 1. The third kappa shape index (κ3) is 4.69. The molecule has 2 saturated heterocycles. The van der Waals surface area contributed by atoms with Crippen LogP contribution in [0.15, 0.2) is 0 Å². The number of piperazine rings is 1. The molecule has 4 heteroatoms. The van der Waals surface area contributed by atoms with Crippen molar-refractivity contribution in [3.8, 4) is 0 Å². The molecule has 0 radical (unpaired) electrons. The fourth-order valence-corrected chi connectivity index (χ4v) is 3.76.